The van der Waals surface area contributed by atoms with E-state index in [0.29, 0.717) is 5.92 Å². The molecule has 0 bridgehead atoms. The van der Waals surface area contributed by atoms with Gasteiger partial charge in [-0.15, -0.1) is 0 Å². The Morgan fingerprint density at radius 2 is 1.60 bits per heavy atom. The minimum Gasteiger partial charge on any atom is -0.375 e. The van der Waals surface area contributed by atoms with Crippen molar-refractivity contribution in [2.24, 2.45) is 0 Å². The summed E-state index contributed by atoms with van der Waals surface area (Å²) in [6, 6.07) is 20.4. The van der Waals surface area contributed by atoms with Gasteiger partial charge in [0.2, 0.25) is 0 Å². The Hall–Kier alpha value is -2.13. The first-order valence-electron chi connectivity index (χ1n) is 9.29. The van der Waals surface area contributed by atoms with Gasteiger partial charge in [-0.3, -0.25) is 4.79 Å². The van der Waals surface area contributed by atoms with E-state index in [4.69, 9.17) is 4.74 Å². The lowest BCUT2D eigenvalue weighted by Crippen LogP contribution is -2.50. The van der Waals surface area contributed by atoms with Crippen LogP contribution in [0.5, 0.6) is 0 Å². The zero-order valence-electron chi connectivity index (χ0n) is 14.6. The molecular formula is C22H25NO2. The highest BCUT2D eigenvalue weighted by Gasteiger charge is 2.41. The van der Waals surface area contributed by atoms with Crippen molar-refractivity contribution >= 4 is 5.91 Å². The van der Waals surface area contributed by atoms with Gasteiger partial charge in [-0.1, -0.05) is 48.5 Å². The molecule has 2 aromatic carbocycles. The Morgan fingerprint density at radius 1 is 0.960 bits per heavy atom. The lowest BCUT2D eigenvalue weighted by Gasteiger charge is -2.46. The van der Waals surface area contributed by atoms with E-state index in [0.717, 1.165) is 50.9 Å². The van der Waals surface area contributed by atoms with Gasteiger partial charge in [0.25, 0.3) is 5.91 Å². The normalized spacial score (nSPS) is 22.7. The molecule has 2 fully saturated rings. The predicted molar refractivity (Wildman–Crippen MR) is 98.7 cm³/mol. The Morgan fingerprint density at radius 3 is 2.28 bits per heavy atom. The molecule has 4 rings (SSSR count). The molecule has 1 amide bonds. The maximum atomic E-state index is 12.6. The van der Waals surface area contributed by atoms with Gasteiger partial charge in [-0.25, -0.2) is 0 Å². The molecule has 2 saturated heterocycles. The number of carbonyl (C=O) groups is 1. The fourth-order valence-corrected chi connectivity index (χ4v) is 4.27. The van der Waals surface area contributed by atoms with Crippen molar-refractivity contribution in [3.8, 4) is 0 Å². The van der Waals surface area contributed by atoms with Crippen molar-refractivity contribution in [3.05, 3.63) is 71.8 Å². The first kappa shape index (κ1) is 16.3. The molecule has 0 saturated carbocycles. The van der Waals surface area contributed by atoms with Crippen LogP contribution in [0.4, 0.5) is 0 Å². The molecule has 1 spiro atoms. The number of hydrogen-bond donors (Lipinski definition) is 0. The third-order valence-electron chi connectivity index (χ3n) is 5.75. The fraction of sp³-hybridized carbons (Fsp3) is 0.409. The number of nitrogens with zero attached hydrogens (tertiary/aromatic N) is 1. The van der Waals surface area contributed by atoms with Gasteiger partial charge in [0.1, 0.15) is 0 Å². The summed E-state index contributed by atoms with van der Waals surface area (Å²) < 4.78 is 6.25. The molecule has 0 N–H and O–H groups in total. The summed E-state index contributed by atoms with van der Waals surface area (Å²) in [5.74, 6) is 0.720. The van der Waals surface area contributed by atoms with E-state index < -0.39 is 0 Å². The number of ether oxygens (including phenoxy) is 1. The molecule has 0 aromatic heterocycles. The molecule has 0 unspecified atom stereocenters. The first-order valence-corrected chi connectivity index (χ1v) is 9.29. The molecule has 25 heavy (non-hydrogen) atoms. The molecule has 3 heteroatoms. The van der Waals surface area contributed by atoms with Gasteiger partial charge in [-0.2, -0.15) is 0 Å². The summed E-state index contributed by atoms with van der Waals surface area (Å²) in [4.78, 5) is 14.6. The number of rotatable bonds is 2. The monoisotopic (exact) mass is 335 g/mol. The number of benzene rings is 2. The highest BCUT2D eigenvalue weighted by atomic mass is 16.5. The minimum absolute atomic E-state index is 0.0494. The Balaban J connectivity index is 1.41. The van der Waals surface area contributed by atoms with E-state index in [2.05, 4.69) is 30.3 Å². The molecule has 2 aromatic rings. The second-order valence-corrected chi connectivity index (χ2v) is 7.29. The van der Waals surface area contributed by atoms with E-state index in [1.165, 1.54) is 5.56 Å². The van der Waals surface area contributed by atoms with Crippen molar-refractivity contribution in [2.45, 2.75) is 37.2 Å². The van der Waals surface area contributed by atoms with E-state index >= 15 is 0 Å². The maximum absolute atomic E-state index is 12.6. The Kier molecular flexibility index (Phi) is 4.58. The quantitative estimate of drug-likeness (QED) is 0.821. The van der Waals surface area contributed by atoms with E-state index in [1.807, 2.05) is 35.2 Å². The number of hydrogen-bond acceptors (Lipinski definition) is 2. The van der Waals surface area contributed by atoms with Gasteiger partial charge in [0.05, 0.1) is 5.60 Å². The summed E-state index contributed by atoms with van der Waals surface area (Å²) >= 11 is 0. The third kappa shape index (κ3) is 3.47. The van der Waals surface area contributed by atoms with Crippen molar-refractivity contribution in [3.63, 3.8) is 0 Å². The van der Waals surface area contributed by atoms with Crippen LogP contribution in [0, 0.1) is 0 Å². The van der Waals surface area contributed by atoms with Crippen molar-refractivity contribution in [2.75, 3.05) is 19.7 Å². The van der Waals surface area contributed by atoms with E-state index in [-0.39, 0.29) is 11.5 Å². The summed E-state index contributed by atoms with van der Waals surface area (Å²) in [5.41, 5.74) is 2.16. The highest BCUT2D eigenvalue weighted by Crippen LogP contribution is 2.41. The summed E-state index contributed by atoms with van der Waals surface area (Å²) in [5, 5.41) is 0. The van der Waals surface area contributed by atoms with E-state index in [9.17, 15) is 4.79 Å². The summed E-state index contributed by atoms with van der Waals surface area (Å²) in [6.07, 6.45) is 4.05. The second-order valence-electron chi connectivity index (χ2n) is 7.29. The van der Waals surface area contributed by atoms with Crippen molar-refractivity contribution < 1.29 is 9.53 Å². The van der Waals surface area contributed by atoms with E-state index in [1.54, 1.807) is 0 Å². The van der Waals surface area contributed by atoms with Gasteiger partial charge in [0.15, 0.2) is 0 Å². The van der Waals surface area contributed by atoms with Crippen LogP contribution in [0.15, 0.2) is 60.7 Å². The van der Waals surface area contributed by atoms with Crippen LogP contribution >= 0.6 is 0 Å². The smallest absolute Gasteiger partial charge is 0.253 e. The van der Waals surface area contributed by atoms with Crippen LogP contribution in [0.1, 0.15) is 47.5 Å². The zero-order chi connectivity index (χ0) is 17.1. The Labute approximate surface area is 149 Å². The Bertz CT molecular complexity index is 705. The van der Waals surface area contributed by atoms with Gasteiger partial charge < -0.3 is 9.64 Å². The van der Waals surface area contributed by atoms with Crippen LogP contribution in [0.3, 0.4) is 0 Å². The number of carbonyl (C=O) groups excluding carboxylic acids is 1. The SMILES string of the molecule is O=C(c1ccccc1)N1CCC2(CC1)C[C@H](c1ccccc1)CCO2. The molecule has 2 aliphatic rings. The molecule has 2 aliphatic heterocycles. The lowest BCUT2D eigenvalue weighted by molar-refractivity contribution is -0.113. The second kappa shape index (κ2) is 7.01. The molecule has 130 valence electrons. The summed E-state index contributed by atoms with van der Waals surface area (Å²) in [7, 11) is 0. The standard InChI is InChI=1S/C22H25NO2/c24-21(19-9-5-2-6-10-19)23-14-12-22(13-15-23)17-20(11-16-25-22)18-7-3-1-4-8-18/h1-10,20H,11-17H2/t20-/m1/s1. The van der Waals surface area contributed by atoms with Gasteiger partial charge in [-0.05, 0) is 49.3 Å². The van der Waals surface area contributed by atoms with Crippen LogP contribution in [-0.4, -0.2) is 36.1 Å². The van der Waals surface area contributed by atoms with Crippen molar-refractivity contribution in [1.29, 1.82) is 0 Å². The van der Waals surface area contributed by atoms with Crippen LogP contribution in [0.25, 0.3) is 0 Å². The third-order valence-corrected chi connectivity index (χ3v) is 5.75. The minimum atomic E-state index is -0.0494. The van der Waals surface area contributed by atoms with Gasteiger partial charge >= 0.3 is 0 Å². The number of likely N-dealkylation sites (tertiary alicyclic amines) is 1. The molecule has 1 atom stereocenters. The van der Waals surface area contributed by atoms with Crippen molar-refractivity contribution in [1.82, 2.24) is 4.90 Å². The topological polar surface area (TPSA) is 29.5 Å². The number of piperidine rings is 1. The van der Waals surface area contributed by atoms with Gasteiger partial charge in [0, 0.05) is 25.3 Å². The molecule has 2 heterocycles. The maximum Gasteiger partial charge on any atom is 0.253 e. The molecule has 0 radical (unpaired) electrons. The number of amides is 1. The average Bonchev–Trinajstić information content (AvgIpc) is 2.69. The molecular weight excluding hydrogens is 310 g/mol. The van der Waals surface area contributed by atoms with Crippen LogP contribution in [0.2, 0.25) is 0 Å². The fourth-order valence-electron chi connectivity index (χ4n) is 4.27. The highest BCUT2D eigenvalue weighted by molar-refractivity contribution is 5.94. The average molecular weight is 335 g/mol. The lowest BCUT2D eigenvalue weighted by atomic mass is 9.77. The predicted octanol–water partition coefficient (Wildman–Crippen LogP) is 4.26. The summed E-state index contributed by atoms with van der Waals surface area (Å²) in [6.45, 7) is 2.40. The van der Waals surface area contributed by atoms with Crippen LogP contribution in [-0.2, 0) is 4.74 Å². The van der Waals surface area contributed by atoms with Crippen LogP contribution < -0.4 is 0 Å². The molecule has 3 nitrogen and oxygen atoms in total. The largest absolute Gasteiger partial charge is 0.375 e. The first-order chi connectivity index (χ1) is 12.3. The molecule has 0 aliphatic carbocycles. The zero-order valence-corrected chi connectivity index (χ0v) is 14.6.